The summed E-state index contributed by atoms with van der Waals surface area (Å²) in [6.07, 6.45) is 0.767. The second-order valence-corrected chi connectivity index (χ2v) is 5.37. The highest BCUT2D eigenvalue weighted by atomic mass is 16.1. The van der Waals surface area contributed by atoms with Crippen molar-refractivity contribution in [1.82, 2.24) is 9.97 Å². The molecule has 23 heavy (non-hydrogen) atoms. The van der Waals surface area contributed by atoms with Gasteiger partial charge in [0.2, 0.25) is 0 Å². The molecule has 0 aliphatic carbocycles. The molecule has 0 saturated carbocycles. The Labute approximate surface area is 131 Å². The van der Waals surface area contributed by atoms with Crippen LogP contribution in [0.1, 0.15) is 21.0 Å². The second kappa shape index (κ2) is 5.14. The molecule has 1 amide bonds. The number of carbonyl (C=O) groups is 2. The van der Waals surface area contributed by atoms with Gasteiger partial charge in [0.15, 0.2) is 6.29 Å². The van der Waals surface area contributed by atoms with Crippen molar-refractivity contribution in [2.75, 3.05) is 5.32 Å². The summed E-state index contributed by atoms with van der Waals surface area (Å²) in [5, 5.41) is 4.74. The largest absolute Gasteiger partial charge is 0.352 e. The summed E-state index contributed by atoms with van der Waals surface area (Å²) >= 11 is 0. The first-order chi connectivity index (χ1) is 11.2. The van der Waals surface area contributed by atoms with Gasteiger partial charge in [0.25, 0.3) is 5.91 Å². The highest BCUT2D eigenvalue weighted by Gasteiger charge is 2.10. The van der Waals surface area contributed by atoms with E-state index in [1.165, 1.54) is 0 Å². The summed E-state index contributed by atoms with van der Waals surface area (Å²) in [5.41, 5.74) is 3.48. The SMILES string of the molecule is O=Cc1cc2cc(NC(=O)c3cc4ccccc4[nH]3)ccc2[nH]1. The first-order valence-electron chi connectivity index (χ1n) is 7.20. The van der Waals surface area contributed by atoms with Gasteiger partial charge < -0.3 is 15.3 Å². The summed E-state index contributed by atoms with van der Waals surface area (Å²) in [4.78, 5) is 29.3. The molecule has 0 saturated heterocycles. The maximum absolute atomic E-state index is 12.4. The van der Waals surface area contributed by atoms with Crippen LogP contribution in [0, 0.1) is 0 Å². The Kier molecular flexibility index (Phi) is 2.98. The number of aromatic amines is 2. The van der Waals surface area contributed by atoms with E-state index in [4.69, 9.17) is 0 Å². The van der Waals surface area contributed by atoms with Gasteiger partial charge in [-0.2, -0.15) is 0 Å². The van der Waals surface area contributed by atoms with E-state index in [1.54, 1.807) is 12.1 Å². The lowest BCUT2D eigenvalue weighted by Crippen LogP contribution is -2.11. The predicted molar refractivity (Wildman–Crippen MR) is 89.9 cm³/mol. The lowest BCUT2D eigenvalue weighted by molar-refractivity contribution is 0.102. The molecule has 4 rings (SSSR count). The molecule has 4 aromatic rings. The number of carbonyl (C=O) groups excluding carboxylic acids is 2. The van der Waals surface area contributed by atoms with Gasteiger partial charge in [-0.3, -0.25) is 9.59 Å². The number of fused-ring (bicyclic) bond motifs is 2. The summed E-state index contributed by atoms with van der Waals surface area (Å²) in [6.45, 7) is 0. The van der Waals surface area contributed by atoms with Crippen molar-refractivity contribution in [2.45, 2.75) is 0 Å². The topological polar surface area (TPSA) is 77.8 Å². The zero-order chi connectivity index (χ0) is 15.8. The van der Waals surface area contributed by atoms with E-state index in [9.17, 15) is 9.59 Å². The molecule has 0 fully saturated rings. The van der Waals surface area contributed by atoms with Gasteiger partial charge in [-0.1, -0.05) is 18.2 Å². The Balaban J connectivity index is 1.63. The maximum Gasteiger partial charge on any atom is 0.272 e. The van der Waals surface area contributed by atoms with Crippen LogP contribution in [-0.4, -0.2) is 22.2 Å². The van der Waals surface area contributed by atoms with Gasteiger partial charge in [-0.15, -0.1) is 0 Å². The van der Waals surface area contributed by atoms with Gasteiger partial charge in [0.1, 0.15) is 5.69 Å². The van der Waals surface area contributed by atoms with E-state index in [0.717, 1.165) is 28.1 Å². The number of aromatic nitrogens is 2. The normalized spacial score (nSPS) is 11.0. The van der Waals surface area contributed by atoms with Gasteiger partial charge in [0, 0.05) is 27.5 Å². The van der Waals surface area contributed by atoms with Crippen LogP contribution in [0.25, 0.3) is 21.8 Å². The standard InChI is InChI=1S/C18H13N3O2/c22-10-14-8-12-7-13(5-6-16(12)19-14)20-18(23)17-9-11-3-1-2-4-15(11)21-17/h1-10,19,21H,(H,20,23). The molecular formula is C18H13N3O2. The number of nitrogens with one attached hydrogen (secondary N) is 3. The molecule has 5 heteroatoms. The minimum absolute atomic E-state index is 0.202. The molecule has 3 N–H and O–H groups in total. The Morgan fingerprint density at radius 2 is 1.74 bits per heavy atom. The molecule has 0 atom stereocenters. The number of anilines is 1. The van der Waals surface area contributed by atoms with Crippen LogP contribution in [0.15, 0.2) is 54.6 Å². The molecule has 2 heterocycles. The van der Waals surface area contributed by atoms with Crippen molar-refractivity contribution in [3.63, 3.8) is 0 Å². The Morgan fingerprint density at radius 1 is 0.913 bits per heavy atom. The number of H-pyrrole nitrogens is 2. The van der Waals surface area contributed by atoms with E-state index in [1.807, 2.05) is 42.5 Å². The Bertz CT molecular complexity index is 1010. The second-order valence-electron chi connectivity index (χ2n) is 5.37. The van der Waals surface area contributed by atoms with Crippen molar-refractivity contribution < 1.29 is 9.59 Å². The maximum atomic E-state index is 12.4. The lowest BCUT2D eigenvalue weighted by Gasteiger charge is -2.03. The van der Waals surface area contributed by atoms with Crippen molar-refractivity contribution >= 4 is 39.7 Å². The molecule has 0 aliphatic heterocycles. The van der Waals surface area contributed by atoms with E-state index in [0.29, 0.717) is 17.1 Å². The van der Waals surface area contributed by atoms with Crippen molar-refractivity contribution in [3.05, 3.63) is 66.0 Å². The highest BCUT2D eigenvalue weighted by Crippen LogP contribution is 2.21. The molecule has 2 aromatic carbocycles. The molecule has 0 spiro atoms. The van der Waals surface area contributed by atoms with Crippen LogP contribution in [0.5, 0.6) is 0 Å². The van der Waals surface area contributed by atoms with Crippen molar-refractivity contribution in [3.8, 4) is 0 Å². The van der Waals surface area contributed by atoms with Gasteiger partial charge in [0.05, 0.1) is 5.69 Å². The quantitative estimate of drug-likeness (QED) is 0.504. The third-order valence-corrected chi connectivity index (χ3v) is 3.80. The summed E-state index contributed by atoms with van der Waals surface area (Å²) in [6, 6.07) is 16.8. The summed E-state index contributed by atoms with van der Waals surface area (Å²) in [5.74, 6) is -0.202. The zero-order valence-electron chi connectivity index (χ0n) is 12.1. The Hall–Kier alpha value is -3.34. The molecule has 0 aliphatic rings. The van der Waals surface area contributed by atoms with Gasteiger partial charge in [-0.05, 0) is 36.4 Å². The van der Waals surface area contributed by atoms with Gasteiger partial charge in [-0.25, -0.2) is 0 Å². The molecule has 0 radical (unpaired) electrons. The minimum Gasteiger partial charge on any atom is -0.352 e. The lowest BCUT2D eigenvalue weighted by atomic mass is 10.2. The van der Waals surface area contributed by atoms with Crippen LogP contribution in [0.2, 0.25) is 0 Å². The fourth-order valence-electron chi connectivity index (χ4n) is 2.69. The Morgan fingerprint density at radius 3 is 2.57 bits per heavy atom. The minimum atomic E-state index is -0.202. The number of hydrogen-bond donors (Lipinski definition) is 3. The molecular weight excluding hydrogens is 290 g/mol. The van der Waals surface area contributed by atoms with Crippen LogP contribution < -0.4 is 5.32 Å². The van der Waals surface area contributed by atoms with Crippen LogP contribution in [-0.2, 0) is 0 Å². The van der Waals surface area contributed by atoms with E-state index in [-0.39, 0.29) is 5.91 Å². The third kappa shape index (κ3) is 2.38. The number of benzene rings is 2. The first kappa shape index (κ1) is 13.3. The summed E-state index contributed by atoms with van der Waals surface area (Å²) < 4.78 is 0. The van der Waals surface area contributed by atoms with Gasteiger partial charge >= 0.3 is 0 Å². The van der Waals surface area contributed by atoms with Crippen molar-refractivity contribution in [2.24, 2.45) is 0 Å². The number of para-hydroxylation sites is 1. The average molecular weight is 303 g/mol. The van der Waals surface area contributed by atoms with E-state index >= 15 is 0 Å². The third-order valence-electron chi connectivity index (χ3n) is 3.80. The number of amides is 1. The fraction of sp³-hybridized carbons (Fsp3) is 0. The molecule has 2 aromatic heterocycles. The highest BCUT2D eigenvalue weighted by molar-refractivity contribution is 6.06. The molecule has 0 unspecified atom stereocenters. The van der Waals surface area contributed by atoms with Crippen LogP contribution >= 0.6 is 0 Å². The summed E-state index contributed by atoms with van der Waals surface area (Å²) in [7, 11) is 0. The molecule has 112 valence electrons. The monoisotopic (exact) mass is 303 g/mol. The van der Waals surface area contributed by atoms with Crippen LogP contribution in [0.4, 0.5) is 5.69 Å². The molecule has 0 bridgehead atoms. The van der Waals surface area contributed by atoms with E-state index in [2.05, 4.69) is 15.3 Å². The average Bonchev–Trinajstić information content (AvgIpc) is 3.17. The predicted octanol–water partition coefficient (Wildman–Crippen LogP) is 3.71. The fourth-order valence-corrected chi connectivity index (χ4v) is 2.69. The number of rotatable bonds is 3. The first-order valence-corrected chi connectivity index (χ1v) is 7.20. The van der Waals surface area contributed by atoms with E-state index < -0.39 is 0 Å². The smallest absolute Gasteiger partial charge is 0.272 e. The zero-order valence-corrected chi connectivity index (χ0v) is 12.1. The van der Waals surface area contributed by atoms with Crippen LogP contribution in [0.3, 0.4) is 0 Å². The number of hydrogen-bond acceptors (Lipinski definition) is 2. The van der Waals surface area contributed by atoms with Crippen molar-refractivity contribution in [1.29, 1.82) is 0 Å². The molecule has 5 nitrogen and oxygen atoms in total. The number of aldehydes is 1.